The standard InChI is InChI=1S/C16H24N2O/c1-16(2,3)13-7-5-12(6-8-13)14-11-17-10-9-15(19)18(14)4/h5-8,14,17H,9-11H2,1-4H3. The Hall–Kier alpha value is -1.35. The Morgan fingerprint density at radius 2 is 1.84 bits per heavy atom. The summed E-state index contributed by atoms with van der Waals surface area (Å²) in [6.45, 7) is 8.25. The van der Waals surface area contributed by atoms with Crippen molar-refractivity contribution in [3.8, 4) is 0 Å². The lowest BCUT2D eigenvalue weighted by Gasteiger charge is -2.27. The first-order valence-electron chi connectivity index (χ1n) is 6.96. The van der Waals surface area contributed by atoms with Crippen molar-refractivity contribution in [2.45, 2.75) is 38.6 Å². The smallest absolute Gasteiger partial charge is 0.224 e. The van der Waals surface area contributed by atoms with E-state index in [0.717, 1.165) is 13.1 Å². The first-order chi connectivity index (χ1) is 8.89. The zero-order valence-electron chi connectivity index (χ0n) is 12.4. The fraction of sp³-hybridized carbons (Fsp3) is 0.562. The van der Waals surface area contributed by atoms with Gasteiger partial charge in [-0.05, 0) is 16.5 Å². The second-order valence-electron chi connectivity index (χ2n) is 6.35. The maximum atomic E-state index is 11.9. The Morgan fingerprint density at radius 1 is 1.21 bits per heavy atom. The van der Waals surface area contributed by atoms with Gasteiger partial charge in [0.1, 0.15) is 0 Å². The van der Waals surface area contributed by atoms with Gasteiger partial charge in [0.15, 0.2) is 0 Å². The molecular formula is C16H24N2O. The molecule has 3 heteroatoms. The summed E-state index contributed by atoms with van der Waals surface area (Å²) in [6.07, 6.45) is 0.590. The number of nitrogens with one attached hydrogen (secondary N) is 1. The molecule has 0 radical (unpaired) electrons. The van der Waals surface area contributed by atoms with E-state index in [9.17, 15) is 4.79 Å². The summed E-state index contributed by atoms with van der Waals surface area (Å²) < 4.78 is 0. The minimum Gasteiger partial charge on any atom is -0.337 e. The molecule has 0 aromatic heterocycles. The van der Waals surface area contributed by atoms with Crippen LogP contribution >= 0.6 is 0 Å². The minimum atomic E-state index is 0.143. The number of hydrogen-bond donors (Lipinski definition) is 1. The highest BCUT2D eigenvalue weighted by molar-refractivity contribution is 5.77. The molecule has 1 amide bonds. The molecule has 0 spiro atoms. The molecule has 1 aliphatic rings. The van der Waals surface area contributed by atoms with Gasteiger partial charge in [0.2, 0.25) is 5.91 Å². The Balaban J connectivity index is 2.23. The summed E-state index contributed by atoms with van der Waals surface area (Å²) in [5.41, 5.74) is 2.70. The fourth-order valence-corrected chi connectivity index (χ4v) is 2.47. The van der Waals surface area contributed by atoms with E-state index in [1.54, 1.807) is 0 Å². The molecule has 104 valence electrons. The minimum absolute atomic E-state index is 0.143. The van der Waals surface area contributed by atoms with Gasteiger partial charge in [-0.3, -0.25) is 4.79 Å². The zero-order chi connectivity index (χ0) is 14.0. The Bertz CT molecular complexity index is 445. The number of nitrogens with zero attached hydrogens (tertiary/aromatic N) is 1. The molecule has 0 saturated carbocycles. The Labute approximate surface area is 116 Å². The lowest BCUT2D eigenvalue weighted by atomic mass is 9.86. The van der Waals surface area contributed by atoms with Gasteiger partial charge in [-0.25, -0.2) is 0 Å². The summed E-state index contributed by atoms with van der Waals surface area (Å²) >= 11 is 0. The van der Waals surface area contributed by atoms with Crippen molar-refractivity contribution in [3.63, 3.8) is 0 Å². The van der Waals surface area contributed by atoms with Crippen LogP contribution in [0.3, 0.4) is 0 Å². The van der Waals surface area contributed by atoms with Crippen LogP contribution in [0.5, 0.6) is 0 Å². The van der Waals surface area contributed by atoms with E-state index in [4.69, 9.17) is 0 Å². The van der Waals surface area contributed by atoms with Gasteiger partial charge in [0.05, 0.1) is 6.04 Å². The summed E-state index contributed by atoms with van der Waals surface area (Å²) in [5, 5.41) is 3.34. The van der Waals surface area contributed by atoms with Crippen molar-refractivity contribution in [1.29, 1.82) is 0 Å². The van der Waals surface area contributed by atoms with Crippen LogP contribution < -0.4 is 5.32 Å². The number of hydrogen-bond acceptors (Lipinski definition) is 2. The van der Waals surface area contributed by atoms with Crippen LogP contribution in [0.2, 0.25) is 0 Å². The molecule has 3 nitrogen and oxygen atoms in total. The predicted molar refractivity (Wildman–Crippen MR) is 78.1 cm³/mol. The van der Waals surface area contributed by atoms with Crippen molar-refractivity contribution in [2.24, 2.45) is 0 Å². The van der Waals surface area contributed by atoms with Gasteiger partial charge in [0, 0.05) is 26.6 Å². The average Bonchev–Trinajstić information content (AvgIpc) is 2.52. The van der Waals surface area contributed by atoms with Crippen LogP contribution in [0.25, 0.3) is 0 Å². The quantitative estimate of drug-likeness (QED) is 0.841. The highest BCUT2D eigenvalue weighted by atomic mass is 16.2. The molecular weight excluding hydrogens is 236 g/mol. The summed E-state index contributed by atoms with van der Waals surface area (Å²) in [4.78, 5) is 13.8. The van der Waals surface area contributed by atoms with Crippen LogP contribution in [0.15, 0.2) is 24.3 Å². The van der Waals surface area contributed by atoms with Gasteiger partial charge in [-0.15, -0.1) is 0 Å². The average molecular weight is 260 g/mol. The number of benzene rings is 1. The largest absolute Gasteiger partial charge is 0.337 e. The van der Waals surface area contributed by atoms with Crippen LogP contribution in [-0.4, -0.2) is 30.9 Å². The molecule has 1 N–H and O–H groups in total. The molecule has 1 aromatic rings. The van der Waals surface area contributed by atoms with Crippen molar-refractivity contribution >= 4 is 5.91 Å². The molecule has 0 aliphatic carbocycles. The fourth-order valence-electron chi connectivity index (χ4n) is 2.47. The third-order valence-corrected chi connectivity index (χ3v) is 3.88. The molecule has 1 aliphatic heterocycles. The van der Waals surface area contributed by atoms with E-state index in [-0.39, 0.29) is 17.4 Å². The first kappa shape index (κ1) is 14.1. The summed E-state index contributed by atoms with van der Waals surface area (Å²) in [6, 6.07) is 8.81. The summed E-state index contributed by atoms with van der Waals surface area (Å²) in [5.74, 6) is 0.217. The first-order valence-corrected chi connectivity index (χ1v) is 6.96. The van der Waals surface area contributed by atoms with Gasteiger partial charge < -0.3 is 10.2 Å². The van der Waals surface area contributed by atoms with E-state index >= 15 is 0 Å². The number of carbonyl (C=O) groups is 1. The van der Waals surface area contributed by atoms with Crippen molar-refractivity contribution < 1.29 is 4.79 Å². The lowest BCUT2D eigenvalue weighted by Crippen LogP contribution is -2.32. The van der Waals surface area contributed by atoms with Crippen LogP contribution in [0, 0.1) is 0 Å². The zero-order valence-corrected chi connectivity index (χ0v) is 12.4. The maximum Gasteiger partial charge on any atom is 0.224 e. The lowest BCUT2D eigenvalue weighted by molar-refractivity contribution is -0.131. The topological polar surface area (TPSA) is 32.3 Å². The molecule has 19 heavy (non-hydrogen) atoms. The van der Waals surface area contributed by atoms with Gasteiger partial charge in [-0.2, -0.15) is 0 Å². The van der Waals surface area contributed by atoms with Crippen LogP contribution in [0.1, 0.15) is 44.4 Å². The molecule has 0 bridgehead atoms. The van der Waals surface area contributed by atoms with Crippen molar-refractivity contribution in [2.75, 3.05) is 20.1 Å². The van der Waals surface area contributed by atoms with Gasteiger partial charge in [0.25, 0.3) is 0 Å². The van der Waals surface area contributed by atoms with Crippen molar-refractivity contribution in [1.82, 2.24) is 10.2 Å². The number of amides is 1. The Morgan fingerprint density at radius 3 is 2.42 bits per heavy atom. The highest BCUT2D eigenvalue weighted by Crippen LogP contribution is 2.26. The SMILES string of the molecule is CN1C(=O)CCNCC1c1ccc(C(C)(C)C)cc1. The van der Waals surface area contributed by atoms with E-state index in [1.165, 1.54) is 11.1 Å². The number of carbonyl (C=O) groups excluding carboxylic acids is 1. The number of likely N-dealkylation sites (N-methyl/N-ethyl adjacent to an activating group) is 1. The molecule has 1 heterocycles. The summed E-state index contributed by atoms with van der Waals surface area (Å²) in [7, 11) is 1.90. The molecule has 1 unspecified atom stereocenters. The second-order valence-corrected chi connectivity index (χ2v) is 6.35. The molecule has 1 fully saturated rings. The van der Waals surface area contributed by atoms with Crippen molar-refractivity contribution in [3.05, 3.63) is 35.4 Å². The molecule has 1 aromatic carbocycles. The third kappa shape index (κ3) is 3.16. The Kier molecular flexibility index (Phi) is 3.95. The van der Waals surface area contributed by atoms with E-state index in [0.29, 0.717) is 6.42 Å². The number of rotatable bonds is 1. The molecule has 2 rings (SSSR count). The maximum absolute atomic E-state index is 11.9. The molecule has 1 atom stereocenters. The van der Waals surface area contributed by atoms with E-state index in [1.807, 2.05) is 11.9 Å². The van der Waals surface area contributed by atoms with Gasteiger partial charge in [-0.1, -0.05) is 45.0 Å². The van der Waals surface area contributed by atoms with E-state index < -0.39 is 0 Å². The van der Waals surface area contributed by atoms with Crippen LogP contribution in [-0.2, 0) is 10.2 Å². The van der Waals surface area contributed by atoms with E-state index in [2.05, 4.69) is 50.4 Å². The predicted octanol–water partition coefficient (Wildman–Crippen LogP) is 2.48. The third-order valence-electron chi connectivity index (χ3n) is 3.88. The second kappa shape index (κ2) is 5.33. The molecule has 1 saturated heterocycles. The highest BCUT2D eigenvalue weighted by Gasteiger charge is 2.24. The van der Waals surface area contributed by atoms with Gasteiger partial charge >= 0.3 is 0 Å². The normalized spacial score (nSPS) is 21.4. The monoisotopic (exact) mass is 260 g/mol. The van der Waals surface area contributed by atoms with Crippen LogP contribution in [0.4, 0.5) is 0 Å².